The maximum Gasteiger partial charge on any atom is 0.164 e. The maximum absolute atomic E-state index is 10.7. The van der Waals surface area contributed by atoms with E-state index in [1.807, 2.05) is 12.1 Å². The number of nitrogens with two attached hydrogens (primary N) is 1. The van der Waals surface area contributed by atoms with Gasteiger partial charge in [-0.3, -0.25) is 0 Å². The molecule has 2 aliphatic rings. The number of nitrogens with zero attached hydrogens (tertiary/aromatic N) is 3. The maximum atomic E-state index is 10.7. The SMILES string of the molecule is Nc1ncnc2c1ccn2[C@@H]1O[C@H]([C@@H]2OCCc3cc(Cl)ccc32)[C@@H](O)[C@H]1O. The Bertz CT molecular complexity index is 1040. The van der Waals surface area contributed by atoms with Crippen molar-refractivity contribution < 1.29 is 19.7 Å². The van der Waals surface area contributed by atoms with Crippen LogP contribution in [0.5, 0.6) is 0 Å². The number of benzene rings is 1. The van der Waals surface area contributed by atoms with Crippen LogP contribution >= 0.6 is 11.6 Å². The molecule has 2 aliphatic heterocycles. The van der Waals surface area contributed by atoms with Gasteiger partial charge in [0.15, 0.2) is 6.23 Å². The Hall–Kier alpha value is -2.23. The van der Waals surface area contributed by atoms with E-state index in [1.165, 1.54) is 6.33 Å². The van der Waals surface area contributed by atoms with Crippen LogP contribution in [0.2, 0.25) is 5.02 Å². The smallest absolute Gasteiger partial charge is 0.164 e. The van der Waals surface area contributed by atoms with E-state index in [1.54, 1.807) is 22.9 Å². The number of rotatable bonds is 2. The zero-order valence-corrected chi connectivity index (χ0v) is 15.5. The summed E-state index contributed by atoms with van der Waals surface area (Å²) in [5, 5.41) is 22.7. The number of aromatic nitrogens is 3. The molecule has 0 bridgehead atoms. The van der Waals surface area contributed by atoms with E-state index in [0.717, 1.165) is 17.5 Å². The van der Waals surface area contributed by atoms with Gasteiger partial charge in [0.05, 0.1) is 12.0 Å². The fourth-order valence-electron chi connectivity index (χ4n) is 4.09. The van der Waals surface area contributed by atoms with Gasteiger partial charge < -0.3 is 30.0 Å². The molecule has 5 atom stereocenters. The van der Waals surface area contributed by atoms with Gasteiger partial charge in [-0.05, 0) is 35.7 Å². The van der Waals surface area contributed by atoms with Crippen molar-refractivity contribution in [3.8, 4) is 0 Å². The third-order valence-electron chi connectivity index (χ3n) is 5.47. The number of anilines is 1. The Morgan fingerprint density at radius 1 is 1.18 bits per heavy atom. The van der Waals surface area contributed by atoms with Crippen LogP contribution < -0.4 is 5.73 Å². The number of aliphatic hydroxyl groups excluding tert-OH is 2. The van der Waals surface area contributed by atoms with Crippen LogP contribution in [0.3, 0.4) is 0 Å². The van der Waals surface area contributed by atoms with Crippen molar-refractivity contribution in [1.29, 1.82) is 0 Å². The zero-order chi connectivity index (χ0) is 19.4. The highest BCUT2D eigenvalue weighted by Gasteiger charge is 2.49. The molecule has 0 unspecified atom stereocenters. The first-order chi connectivity index (χ1) is 13.5. The Balaban J connectivity index is 1.50. The number of nitrogen functional groups attached to an aromatic ring is 1. The fourth-order valence-corrected chi connectivity index (χ4v) is 4.28. The van der Waals surface area contributed by atoms with Crippen molar-refractivity contribution in [1.82, 2.24) is 14.5 Å². The standard InChI is InChI=1S/C19H19ClN4O4/c20-10-1-2-11-9(7-10)4-6-27-15(11)16-13(25)14(26)19(28-16)24-5-3-12-17(21)22-8-23-18(12)24/h1-3,5,7-8,13-16,19,25-26H,4,6H2,(H2,21,22,23)/t13-,14+,15+,16-,19+/m0/s1. The molecule has 3 aromatic rings. The fraction of sp³-hybridized carbons (Fsp3) is 0.368. The van der Waals surface area contributed by atoms with Crippen LogP contribution in [0.15, 0.2) is 36.8 Å². The zero-order valence-electron chi connectivity index (χ0n) is 14.8. The summed E-state index contributed by atoms with van der Waals surface area (Å²) in [6, 6.07) is 7.34. The predicted octanol–water partition coefficient (Wildman–Crippen LogP) is 1.60. The van der Waals surface area contributed by atoms with Gasteiger partial charge in [0.25, 0.3) is 0 Å². The molecule has 146 valence electrons. The molecule has 0 amide bonds. The molecule has 4 N–H and O–H groups in total. The number of hydrogen-bond acceptors (Lipinski definition) is 7. The van der Waals surface area contributed by atoms with Gasteiger partial charge >= 0.3 is 0 Å². The Morgan fingerprint density at radius 3 is 2.89 bits per heavy atom. The molecule has 0 saturated carbocycles. The quantitative estimate of drug-likeness (QED) is 0.596. The molecule has 0 spiro atoms. The van der Waals surface area contributed by atoms with E-state index in [2.05, 4.69) is 9.97 Å². The first kappa shape index (κ1) is 17.8. The number of fused-ring (bicyclic) bond motifs is 2. The highest BCUT2D eigenvalue weighted by Crippen LogP contribution is 2.41. The second kappa shape index (κ2) is 6.68. The van der Waals surface area contributed by atoms with Crippen LogP contribution in [0.25, 0.3) is 11.0 Å². The summed E-state index contributed by atoms with van der Waals surface area (Å²) in [6.07, 6.45) is -0.546. The third kappa shape index (κ3) is 2.68. The number of ether oxygens (including phenoxy) is 2. The highest BCUT2D eigenvalue weighted by molar-refractivity contribution is 6.30. The van der Waals surface area contributed by atoms with Gasteiger partial charge in [0.1, 0.15) is 42.2 Å². The Kier molecular flexibility index (Phi) is 4.26. The summed E-state index contributed by atoms with van der Waals surface area (Å²) in [7, 11) is 0. The second-order valence-electron chi connectivity index (χ2n) is 7.08. The van der Waals surface area contributed by atoms with Gasteiger partial charge in [0, 0.05) is 11.2 Å². The summed E-state index contributed by atoms with van der Waals surface area (Å²) in [6.45, 7) is 0.488. The van der Waals surface area contributed by atoms with E-state index >= 15 is 0 Å². The molecular formula is C19H19ClN4O4. The van der Waals surface area contributed by atoms with Crippen molar-refractivity contribution >= 4 is 28.5 Å². The lowest BCUT2D eigenvalue weighted by molar-refractivity contribution is -0.113. The molecule has 2 aromatic heterocycles. The average Bonchev–Trinajstić information content (AvgIpc) is 3.24. The van der Waals surface area contributed by atoms with E-state index in [-0.39, 0.29) is 0 Å². The molecule has 8 nitrogen and oxygen atoms in total. The van der Waals surface area contributed by atoms with Crippen LogP contribution in [0.4, 0.5) is 5.82 Å². The van der Waals surface area contributed by atoms with Crippen LogP contribution in [0.1, 0.15) is 23.5 Å². The van der Waals surface area contributed by atoms with Crippen molar-refractivity contribution in [2.45, 2.75) is 37.1 Å². The molecule has 0 radical (unpaired) electrons. The summed E-state index contributed by atoms with van der Waals surface area (Å²) >= 11 is 6.11. The molecule has 9 heteroatoms. The first-order valence-electron chi connectivity index (χ1n) is 9.03. The third-order valence-corrected chi connectivity index (χ3v) is 5.70. The van der Waals surface area contributed by atoms with Gasteiger partial charge in [-0.15, -0.1) is 0 Å². The number of aliphatic hydroxyl groups is 2. The van der Waals surface area contributed by atoms with E-state index in [4.69, 9.17) is 26.8 Å². The van der Waals surface area contributed by atoms with Gasteiger partial charge in [-0.25, -0.2) is 9.97 Å². The minimum absolute atomic E-state index is 0.342. The van der Waals surface area contributed by atoms with E-state index in [0.29, 0.717) is 28.5 Å². The normalized spacial score (nSPS) is 29.9. The molecule has 5 rings (SSSR count). The van der Waals surface area contributed by atoms with E-state index < -0.39 is 30.6 Å². The van der Waals surface area contributed by atoms with Gasteiger partial charge in [-0.2, -0.15) is 0 Å². The predicted molar refractivity (Wildman–Crippen MR) is 102 cm³/mol. The van der Waals surface area contributed by atoms with Crippen molar-refractivity contribution in [2.24, 2.45) is 0 Å². The average molecular weight is 403 g/mol. The summed E-state index contributed by atoms with van der Waals surface area (Å²) < 4.78 is 13.7. The Labute approximate surface area is 165 Å². The molecule has 28 heavy (non-hydrogen) atoms. The highest BCUT2D eigenvalue weighted by atomic mass is 35.5. The summed E-state index contributed by atoms with van der Waals surface area (Å²) in [4.78, 5) is 8.21. The van der Waals surface area contributed by atoms with Crippen LogP contribution in [0, 0.1) is 0 Å². The summed E-state index contributed by atoms with van der Waals surface area (Å²) in [5.41, 5.74) is 8.39. The van der Waals surface area contributed by atoms with E-state index in [9.17, 15) is 10.2 Å². The molecule has 1 aromatic carbocycles. The van der Waals surface area contributed by atoms with Crippen molar-refractivity contribution in [2.75, 3.05) is 12.3 Å². The second-order valence-corrected chi connectivity index (χ2v) is 7.51. The molecule has 0 aliphatic carbocycles. The molecule has 1 saturated heterocycles. The van der Waals surface area contributed by atoms with Crippen LogP contribution in [-0.2, 0) is 15.9 Å². The topological polar surface area (TPSA) is 116 Å². The minimum Gasteiger partial charge on any atom is -0.387 e. The molecular weight excluding hydrogens is 384 g/mol. The van der Waals surface area contributed by atoms with Gasteiger partial charge in [-0.1, -0.05) is 17.7 Å². The first-order valence-corrected chi connectivity index (χ1v) is 9.41. The summed E-state index contributed by atoms with van der Waals surface area (Å²) in [5.74, 6) is 0.342. The van der Waals surface area contributed by atoms with Crippen LogP contribution in [-0.4, -0.2) is 49.7 Å². The largest absolute Gasteiger partial charge is 0.387 e. The molecule has 1 fully saturated rings. The number of halogens is 1. The lowest BCUT2D eigenvalue weighted by Gasteiger charge is -2.31. The van der Waals surface area contributed by atoms with Gasteiger partial charge in [0.2, 0.25) is 0 Å². The lowest BCUT2D eigenvalue weighted by atomic mass is 9.92. The Morgan fingerprint density at radius 2 is 2.04 bits per heavy atom. The van der Waals surface area contributed by atoms with Crippen molar-refractivity contribution in [3.63, 3.8) is 0 Å². The molecule has 4 heterocycles. The minimum atomic E-state index is -1.15. The number of hydrogen-bond donors (Lipinski definition) is 3. The monoisotopic (exact) mass is 402 g/mol. The lowest BCUT2D eigenvalue weighted by Crippen LogP contribution is -2.37. The van der Waals surface area contributed by atoms with Crippen molar-refractivity contribution in [3.05, 3.63) is 52.9 Å².